The number of thioether (sulfide) groups is 1. The molecule has 100 valence electrons. The Kier molecular flexibility index (Phi) is 5.07. The van der Waals surface area contributed by atoms with Gasteiger partial charge in [0.2, 0.25) is 0 Å². The van der Waals surface area contributed by atoms with E-state index in [4.69, 9.17) is 5.73 Å². The Morgan fingerprint density at radius 2 is 2.17 bits per heavy atom. The van der Waals surface area contributed by atoms with E-state index in [0.717, 1.165) is 28.0 Å². The van der Waals surface area contributed by atoms with Crippen molar-refractivity contribution in [1.29, 1.82) is 0 Å². The average molecular weight is 267 g/mol. The summed E-state index contributed by atoms with van der Waals surface area (Å²) >= 11 is 1.97. The second kappa shape index (κ2) is 6.58. The van der Waals surface area contributed by atoms with Crippen molar-refractivity contribution < 1.29 is 4.39 Å². The van der Waals surface area contributed by atoms with E-state index in [1.165, 1.54) is 31.7 Å². The van der Waals surface area contributed by atoms with Crippen LogP contribution < -0.4 is 5.73 Å². The normalized spacial score (nSPS) is 24.2. The van der Waals surface area contributed by atoms with E-state index in [-0.39, 0.29) is 5.82 Å². The molecule has 0 aliphatic heterocycles. The molecule has 0 radical (unpaired) electrons. The minimum absolute atomic E-state index is 0.153. The highest BCUT2D eigenvalue weighted by molar-refractivity contribution is 7.99. The minimum Gasteiger partial charge on any atom is -0.326 e. The third-order valence-corrected chi connectivity index (χ3v) is 5.13. The number of rotatable bonds is 4. The van der Waals surface area contributed by atoms with Crippen LogP contribution in [-0.2, 0) is 12.3 Å². The van der Waals surface area contributed by atoms with Crippen LogP contribution in [0.3, 0.4) is 0 Å². The van der Waals surface area contributed by atoms with Crippen LogP contribution in [0.5, 0.6) is 0 Å². The van der Waals surface area contributed by atoms with Crippen molar-refractivity contribution in [1.82, 2.24) is 0 Å². The van der Waals surface area contributed by atoms with Crippen molar-refractivity contribution in [3.63, 3.8) is 0 Å². The van der Waals surface area contributed by atoms with Gasteiger partial charge in [0.05, 0.1) is 0 Å². The Hall–Kier alpha value is -0.540. The summed E-state index contributed by atoms with van der Waals surface area (Å²) in [5.74, 6) is 1.58. The van der Waals surface area contributed by atoms with Gasteiger partial charge in [-0.3, -0.25) is 0 Å². The van der Waals surface area contributed by atoms with E-state index in [1.54, 1.807) is 6.07 Å². The average Bonchev–Trinajstić information content (AvgIpc) is 2.37. The summed E-state index contributed by atoms with van der Waals surface area (Å²) in [4.78, 5) is 0. The van der Waals surface area contributed by atoms with Gasteiger partial charge >= 0.3 is 0 Å². The molecule has 1 aromatic carbocycles. The third kappa shape index (κ3) is 3.72. The predicted molar refractivity (Wildman–Crippen MR) is 77.0 cm³/mol. The van der Waals surface area contributed by atoms with Crippen LogP contribution in [0, 0.1) is 11.7 Å². The van der Waals surface area contributed by atoms with Crippen molar-refractivity contribution in [2.24, 2.45) is 11.7 Å². The van der Waals surface area contributed by atoms with Gasteiger partial charge in [-0.1, -0.05) is 25.8 Å². The Morgan fingerprint density at radius 3 is 2.89 bits per heavy atom. The molecule has 2 rings (SSSR count). The number of nitrogens with two attached hydrogens (primary N) is 1. The van der Waals surface area contributed by atoms with E-state index >= 15 is 0 Å². The highest BCUT2D eigenvalue weighted by Gasteiger charge is 2.19. The molecule has 0 aromatic heterocycles. The Balaban J connectivity index is 1.94. The molecule has 1 aliphatic carbocycles. The maximum Gasteiger partial charge on any atom is 0.123 e. The van der Waals surface area contributed by atoms with E-state index in [0.29, 0.717) is 6.54 Å². The standard InChI is InChI=1S/C15H22FNS/c1-11-3-2-4-15(7-11)18-10-13-8-14(16)6-5-12(13)9-17/h5-6,8,11,15H,2-4,7,9-10,17H2,1H3. The monoisotopic (exact) mass is 267 g/mol. The van der Waals surface area contributed by atoms with Crippen molar-refractivity contribution >= 4 is 11.8 Å². The van der Waals surface area contributed by atoms with Crippen LogP contribution in [0.25, 0.3) is 0 Å². The number of benzene rings is 1. The number of hydrogen-bond donors (Lipinski definition) is 1. The maximum atomic E-state index is 13.3. The zero-order chi connectivity index (χ0) is 13.0. The fourth-order valence-electron chi connectivity index (χ4n) is 2.67. The molecule has 0 saturated heterocycles. The largest absolute Gasteiger partial charge is 0.326 e. The minimum atomic E-state index is -0.153. The zero-order valence-corrected chi connectivity index (χ0v) is 11.8. The first-order chi connectivity index (χ1) is 8.69. The first-order valence-electron chi connectivity index (χ1n) is 6.78. The fraction of sp³-hybridized carbons (Fsp3) is 0.600. The van der Waals surface area contributed by atoms with Gasteiger partial charge in [0.25, 0.3) is 0 Å². The lowest BCUT2D eigenvalue weighted by atomic mass is 9.91. The lowest BCUT2D eigenvalue weighted by Crippen LogP contribution is -2.15. The first kappa shape index (κ1) is 13.9. The SMILES string of the molecule is CC1CCCC(SCc2cc(F)ccc2CN)C1. The van der Waals surface area contributed by atoms with Gasteiger partial charge in [0.15, 0.2) is 0 Å². The molecule has 18 heavy (non-hydrogen) atoms. The highest BCUT2D eigenvalue weighted by Crippen LogP contribution is 2.34. The van der Waals surface area contributed by atoms with Gasteiger partial charge in [-0.05, 0) is 42.0 Å². The van der Waals surface area contributed by atoms with Gasteiger partial charge in [0.1, 0.15) is 5.82 Å². The van der Waals surface area contributed by atoms with Gasteiger partial charge in [0, 0.05) is 17.5 Å². The molecular weight excluding hydrogens is 245 g/mol. The lowest BCUT2D eigenvalue weighted by molar-refractivity contribution is 0.394. The molecule has 2 unspecified atom stereocenters. The van der Waals surface area contributed by atoms with Gasteiger partial charge < -0.3 is 5.73 Å². The molecular formula is C15H22FNS. The molecule has 2 atom stereocenters. The molecule has 1 nitrogen and oxygen atoms in total. The Labute approximate surface area is 113 Å². The molecule has 3 heteroatoms. The molecule has 2 N–H and O–H groups in total. The zero-order valence-electron chi connectivity index (χ0n) is 11.0. The predicted octanol–water partition coefficient (Wildman–Crippen LogP) is 4.10. The molecule has 1 fully saturated rings. The van der Waals surface area contributed by atoms with Crippen LogP contribution in [0.1, 0.15) is 43.7 Å². The molecule has 0 spiro atoms. The van der Waals surface area contributed by atoms with Crippen LogP contribution >= 0.6 is 11.8 Å². The van der Waals surface area contributed by atoms with Crippen molar-refractivity contribution in [2.45, 2.75) is 50.2 Å². The van der Waals surface area contributed by atoms with Crippen LogP contribution in [0.4, 0.5) is 4.39 Å². The summed E-state index contributed by atoms with van der Waals surface area (Å²) < 4.78 is 13.3. The highest BCUT2D eigenvalue weighted by atomic mass is 32.2. The molecule has 0 bridgehead atoms. The van der Waals surface area contributed by atoms with Gasteiger partial charge in [-0.15, -0.1) is 0 Å². The summed E-state index contributed by atoms with van der Waals surface area (Å²) in [5.41, 5.74) is 7.85. The molecule has 0 amide bonds. The summed E-state index contributed by atoms with van der Waals surface area (Å²) in [6.07, 6.45) is 5.32. The number of hydrogen-bond acceptors (Lipinski definition) is 2. The van der Waals surface area contributed by atoms with Crippen LogP contribution in [-0.4, -0.2) is 5.25 Å². The fourth-order valence-corrected chi connectivity index (χ4v) is 4.15. The van der Waals surface area contributed by atoms with Crippen LogP contribution in [0.15, 0.2) is 18.2 Å². The van der Waals surface area contributed by atoms with E-state index in [2.05, 4.69) is 6.92 Å². The van der Waals surface area contributed by atoms with Gasteiger partial charge in [-0.25, -0.2) is 4.39 Å². The molecule has 1 aromatic rings. The van der Waals surface area contributed by atoms with Gasteiger partial charge in [-0.2, -0.15) is 11.8 Å². The third-order valence-electron chi connectivity index (χ3n) is 3.75. The molecule has 0 heterocycles. The topological polar surface area (TPSA) is 26.0 Å². The van der Waals surface area contributed by atoms with E-state index in [9.17, 15) is 4.39 Å². The van der Waals surface area contributed by atoms with Crippen LogP contribution in [0.2, 0.25) is 0 Å². The lowest BCUT2D eigenvalue weighted by Gasteiger charge is -2.26. The van der Waals surface area contributed by atoms with Crippen molar-refractivity contribution in [2.75, 3.05) is 0 Å². The Morgan fingerprint density at radius 1 is 1.33 bits per heavy atom. The maximum absolute atomic E-state index is 13.3. The summed E-state index contributed by atoms with van der Waals surface area (Å²) in [5, 5.41) is 0.739. The smallest absolute Gasteiger partial charge is 0.123 e. The second-order valence-corrected chi connectivity index (χ2v) is 6.61. The summed E-state index contributed by atoms with van der Waals surface area (Å²) in [6, 6.07) is 4.95. The number of halogens is 1. The summed E-state index contributed by atoms with van der Waals surface area (Å²) in [7, 11) is 0. The van der Waals surface area contributed by atoms with E-state index < -0.39 is 0 Å². The van der Waals surface area contributed by atoms with E-state index in [1.807, 2.05) is 17.8 Å². The van der Waals surface area contributed by atoms with Crippen molar-refractivity contribution in [3.8, 4) is 0 Å². The van der Waals surface area contributed by atoms with Crippen molar-refractivity contribution in [3.05, 3.63) is 35.1 Å². The second-order valence-electron chi connectivity index (χ2n) is 5.32. The quantitative estimate of drug-likeness (QED) is 0.889. The Bertz CT molecular complexity index is 394. The summed E-state index contributed by atoms with van der Waals surface area (Å²) in [6.45, 7) is 2.83. The molecule has 1 aliphatic rings. The first-order valence-corrected chi connectivity index (χ1v) is 7.83. The molecule has 1 saturated carbocycles.